The lowest BCUT2D eigenvalue weighted by atomic mass is 9.77. The Morgan fingerprint density at radius 1 is 1.29 bits per heavy atom. The van der Waals surface area contributed by atoms with Crippen LogP contribution in [0.15, 0.2) is 36.6 Å². The van der Waals surface area contributed by atoms with Gasteiger partial charge in [-0.05, 0) is 29.9 Å². The Kier molecular flexibility index (Phi) is 2.87. The molecular formula is C13H16O. The normalized spacial score (nSPS) is 17.6. The van der Waals surface area contributed by atoms with E-state index in [0.29, 0.717) is 0 Å². The Balaban J connectivity index is 2.22. The molecule has 0 bridgehead atoms. The van der Waals surface area contributed by atoms with Crippen LogP contribution in [-0.2, 0) is 4.74 Å². The zero-order valence-corrected chi connectivity index (χ0v) is 8.57. The van der Waals surface area contributed by atoms with Crippen molar-refractivity contribution in [1.29, 1.82) is 0 Å². The van der Waals surface area contributed by atoms with E-state index < -0.39 is 0 Å². The molecule has 1 heteroatoms. The third-order valence-corrected chi connectivity index (χ3v) is 2.90. The summed E-state index contributed by atoms with van der Waals surface area (Å²) in [6.07, 6.45) is 5.88. The maximum Gasteiger partial charge on any atom is 0.0865 e. The van der Waals surface area contributed by atoms with Crippen LogP contribution in [0, 0.1) is 5.92 Å². The van der Waals surface area contributed by atoms with Crippen LogP contribution in [0.1, 0.15) is 24.8 Å². The largest absolute Gasteiger partial charge is 0.504 e. The van der Waals surface area contributed by atoms with E-state index >= 15 is 0 Å². The summed E-state index contributed by atoms with van der Waals surface area (Å²) in [7, 11) is 1.72. The standard InChI is InChI=1S/C13H16O/c1-14-10-13(12-8-5-9-12)11-6-3-2-4-7-11/h2-4,6-7,10,12H,5,8-9H2,1H3. The lowest BCUT2D eigenvalue weighted by Gasteiger charge is -2.28. The van der Waals surface area contributed by atoms with Crippen LogP contribution >= 0.6 is 0 Å². The SMILES string of the molecule is COC=C(c1ccccc1)C1CCC1. The average molecular weight is 188 g/mol. The maximum atomic E-state index is 5.15. The molecule has 1 aromatic carbocycles. The van der Waals surface area contributed by atoms with Crippen molar-refractivity contribution in [2.24, 2.45) is 5.92 Å². The molecule has 1 aromatic rings. The summed E-state index contributed by atoms with van der Waals surface area (Å²) in [5.74, 6) is 0.720. The van der Waals surface area contributed by atoms with E-state index in [1.165, 1.54) is 30.4 Å². The molecule has 1 fully saturated rings. The second-order valence-electron chi connectivity index (χ2n) is 3.80. The fraction of sp³-hybridized carbons (Fsp3) is 0.385. The Morgan fingerprint density at radius 3 is 2.50 bits per heavy atom. The monoisotopic (exact) mass is 188 g/mol. The topological polar surface area (TPSA) is 9.23 Å². The quantitative estimate of drug-likeness (QED) is 0.660. The van der Waals surface area contributed by atoms with Gasteiger partial charge in [-0.1, -0.05) is 36.8 Å². The first-order chi connectivity index (χ1) is 6.92. The minimum atomic E-state index is 0.720. The fourth-order valence-electron chi connectivity index (χ4n) is 1.88. The number of hydrogen-bond donors (Lipinski definition) is 0. The van der Waals surface area contributed by atoms with Crippen molar-refractivity contribution in [1.82, 2.24) is 0 Å². The highest BCUT2D eigenvalue weighted by molar-refractivity contribution is 5.67. The van der Waals surface area contributed by atoms with Crippen LogP contribution in [0.4, 0.5) is 0 Å². The summed E-state index contributed by atoms with van der Waals surface area (Å²) < 4.78 is 5.15. The van der Waals surface area contributed by atoms with Gasteiger partial charge in [0.25, 0.3) is 0 Å². The maximum absolute atomic E-state index is 5.15. The average Bonchev–Trinajstić information content (AvgIpc) is 2.16. The van der Waals surface area contributed by atoms with Gasteiger partial charge in [0, 0.05) is 0 Å². The predicted molar refractivity (Wildman–Crippen MR) is 58.8 cm³/mol. The smallest absolute Gasteiger partial charge is 0.0865 e. The van der Waals surface area contributed by atoms with Crippen molar-refractivity contribution < 1.29 is 4.74 Å². The summed E-state index contributed by atoms with van der Waals surface area (Å²) in [4.78, 5) is 0. The Bertz CT molecular complexity index is 309. The van der Waals surface area contributed by atoms with Gasteiger partial charge in [0.15, 0.2) is 0 Å². The molecule has 1 aliphatic carbocycles. The molecule has 0 radical (unpaired) electrons. The molecule has 0 heterocycles. The highest BCUT2D eigenvalue weighted by Gasteiger charge is 2.22. The molecule has 2 rings (SSSR count). The van der Waals surface area contributed by atoms with Gasteiger partial charge >= 0.3 is 0 Å². The Labute approximate surface area is 85.4 Å². The first kappa shape index (κ1) is 9.32. The van der Waals surface area contributed by atoms with Gasteiger partial charge in [-0.25, -0.2) is 0 Å². The van der Waals surface area contributed by atoms with Crippen molar-refractivity contribution >= 4 is 5.57 Å². The molecule has 0 saturated heterocycles. The second-order valence-corrected chi connectivity index (χ2v) is 3.80. The van der Waals surface area contributed by atoms with Crippen molar-refractivity contribution in [2.75, 3.05) is 7.11 Å². The Morgan fingerprint density at radius 2 is 2.00 bits per heavy atom. The van der Waals surface area contributed by atoms with Crippen molar-refractivity contribution in [3.8, 4) is 0 Å². The van der Waals surface area contributed by atoms with E-state index in [-0.39, 0.29) is 0 Å². The van der Waals surface area contributed by atoms with Gasteiger partial charge in [-0.15, -0.1) is 0 Å². The number of allylic oxidation sites excluding steroid dienone is 1. The van der Waals surface area contributed by atoms with Crippen LogP contribution in [-0.4, -0.2) is 7.11 Å². The van der Waals surface area contributed by atoms with Crippen molar-refractivity contribution in [3.63, 3.8) is 0 Å². The first-order valence-corrected chi connectivity index (χ1v) is 5.20. The zero-order chi connectivity index (χ0) is 9.80. The van der Waals surface area contributed by atoms with Gasteiger partial charge < -0.3 is 4.74 Å². The second kappa shape index (κ2) is 4.32. The predicted octanol–water partition coefficient (Wildman–Crippen LogP) is 3.47. The molecule has 0 N–H and O–H groups in total. The van der Waals surface area contributed by atoms with Gasteiger partial charge in [0.1, 0.15) is 0 Å². The van der Waals surface area contributed by atoms with Crippen LogP contribution in [0.5, 0.6) is 0 Å². The number of ether oxygens (including phenoxy) is 1. The van der Waals surface area contributed by atoms with Gasteiger partial charge in [0.05, 0.1) is 13.4 Å². The minimum absolute atomic E-state index is 0.720. The number of rotatable bonds is 3. The third kappa shape index (κ3) is 1.82. The van der Waals surface area contributed by atoms with Gasteiger partial charge in [-0.2, -0.15) is 0 Å². The van der Waals surface area contributed by atoms with Crippen molar-refractivity contribution in [3.05, 3.63) is 42.2 Å². The lowest BCUT2D eigenvalue weighted by Crippen LogP contribution is -2.13. The van der Waals surface area contributed by atoms with Crippen LogP contribution in [0.2, 0.25) is 0 Å². The van der Waals surface area contributed by atoms with E-state index in [1.807, 2.05) is 6.26 Å². The minimum Gasteiger partial charge on any atom is -0.504 e. The number of hydrogen-bond acceptors (Lipinski definition) is 1. The molecule has 14 heavy (non-hydrogen) atoms. The molecule has 74 valence electrons. The molecular weight excluding hydrogens is 172 g/mol. The highest BCUT2D eigenvalue weighted by Crippen LogP contribution is 2.38. The molecule has 1 nitrogen and oxygen atoms in total. The molecule has 0 aromatic heterocycles. The third-order valence-electron chi connectivity index (χ3n) is 2.90. The molecule has 1 aliphatic rings. The summed E-state index contributed by atoms with van der Waals surface area (Å²) in [6, 6.07) is 10.5. The lowest BCUT2D eigenvalue weighted by molar-refractivity contribution is 0.327. The van der Waals surface area contributed by atoms with E-state index in [4.69, 9.17) is 4.74 Å². The highest BCUT2D eigenvalue weighted by atomic mass is 16.5. The molecule has 1 saturated carbocycles. The summed E-state index contributed by atoms with van der Waals surface area (Å²) in [6.45, 7) is 0. The van der Waals surface area contributed by atoms with E-state index in [9.17, 15) is 0 Å². The first-order valence-electron chi connectivity index (χ1n) is 5.20. The molecule has 0 atom stereocenters. The Hall–Kier alpha value is -1.24. The summed E-state index contributed by atoms with van der Waals surface area (Å²) in [5.41, 5.74) is 2.67. The van der Waals surface area contributed by atoms with Crippen molar-refractivity contribution in [2.45, 2.75) is 19.3 Å². The number of methoxy groups -OCH3 is 1. The molecule has 0 amide bonds. The summed E-state index contributed by atoms with van der Waals surface area (Å²) in [5, 5.41) is 0. The van der Waals surface area contributed by atoms with E-state index in [1.54, 1.807) is 7.11 Å². The van der Waals surface area contributed by atoms with E-state index in [0.717, 1.165) is 5.92 Å². The number of benzene rings is 1. The summed E-state index contributed by atoms with van der Waals surface area (Å²) >= 11 is 0. The van der Waals surface area contributed by atoms with Gasteiger partial charge in [0.2, 0.25) is 0 Å². The molecule has 0 aliphatic heterocycles. The fourth-order valence-corrected chi connectivity index (χ4v) is 1.88. The van der Waals surface area contributed by atoms with Crippen LogP contribution in [0.25, 0.3) is 5.57 Å². The molecule has 0 spiro atoms. The molecule has 0 unspecified atom stereocenters. The van der Waals surface area contributed by atoms with Crippen LogP contribution < -0.4 is 0 Å². The van der Waals surface area contributed by atoms with E-state index in [2.05, 4.69) is 30.3 Å². The van der Waals surface area contributed by atoms with Gasteiger partial charge in [-0.3, -0.25) is 0 Å². The zero-order valence-electron chi connectivity index (χ0n) is 8.57. The van der Waals surface area contributed by atoms with Crippen LogP contribution in [0.3, 0.4) is 0 Å².